The Morgan fingerprint density at radius 3 is 2.55 bits per heavy atom. The van der Waals surface area contributed by atoms with Gasteiger partial charge in [0.1, 0.15) is 5.82 Å². The molecule has 1 unspecified atom stereocenters. The molecule has 1 heterocycles. The zero-order chi connectivity index (χ0) is 14.5. The summed E-state index contributed by atoms with van der Waals surface area (Å²) in [6, 6.07) is 7.45. The summed E-state index contributed by atoms with van der Waals surface area (Å²) in [6.45, 7) is 7.22. The fourth-order valence-corrected chi connectivity index (χ4v) is 2.26. The Labute approximate surface area is 119 Å². The molecule has 108 valence electrons. The third-order valence-corrected chi connectivity index (χ3v) is 3.39. The first-order valence-electron chi connectivity index (χ1n) is 7.05. The summed E-state index contributed by atoms with van der Waals surface area (Å²) in [6.07, 6.45) is 4.65. The van der Waals surface area contributed by atoms with Crippen molar-refractivity contribution in [2.24, 2.45) is 0 Å². The maximum Gasteiger partial charge on any atom is 0.123 e. The van der Waals surface area contributed by atoms with Crippen LogP contribution in [0, 0.1) is 5.82 Å². The standard InChI is InChI=1S/C16H22FN3/c1-12(2)20-11-18-9-16(20)10-19-13(3)8-14-4-6-15(17)7-5-14/h4-7,9,11-13,19H,8,10H2,1-3H3. The van der Waals surface area contributed by atoms with E-state index in [9.17, 15) is 4.39 Å². The van der Waals surface area contributed by atoms with E-state index in [2.05, 4.69) is 35.6 Å². The van der Waals surface area contributed by atoms with Gasteiger partial charge in [-0.15, -0.1) is 0 Å². The van der Waals surface area contributed by atoms with E-state index in [1.807, 2.05) is 24.7 Å². The Kier molecular flexibility index (Phi) is 4.90. The number of hydrogen-bond donors (Lipinski definition) is 1. The molecule has 20 heavy (non-hydrogen) atoms. The van der Waals surface area contributed by atoms with Crippen LogP contribution >= 0.6 is 0 Å². The van der Waals surface area contributed by atoms with Gasteiger partial charge in [0.2, 0.25) is 0 Å². The zero-order valence-electron chi connectivity index (χ0n) is 12.3. The minimum Gasteiger partial charge on any atom is -0.331 e. The van der Waals surface area contributed by atoms with Gasteiger partial charge in [0.15, 0.2) is 0 Å². The first-order chi connectivity index (χ1) is 9.56. The lowest BCUT2D eigenvalue weighted by Gasteiger charge is -2.16. The Hall–Kier alpha value is -1.68. The minimum atomic E-state index is -0.185. The van der Waals surface area contributed by atoms with Crippen molar-refractivity contribution in [2.45, 2.75) is 45.8 Å². The molecule has 2 rings (SSSR count). The van der Waals surface area contributed by atoms with Crippen LogP contribution in [0.15, 0.2) is 36.8 Å². The summed E-state index contributed by atoms with van der Waals surface area (Å²) in [4.78, 5) is 4.20. The van der Waals surface area contributed by atoms with Crippen molar-refractivity contribution < 1.29 is 4.39 Å². The predicted octanol–water partition coefficient (Wildman–Crippen LogP) is 3.32. The fraction of sp³-hybridized carbons (Fsp3) is 0.438. The second kappa shape index (κ2) is 6.66. The van der Waals surface area contributed by atoms with Gasteiger partial charge in [-0.1, -0.05) is 12.1 Å². The smallest absolute Gasteiger partial charge is 0.123 e. The molecule has 0 aliphatic heterocycles. The van der Waals surface area contributed by atoms with Crippen LogP contribution in [0.3, 0.4) is 0 Å². The molecule has 0 spiro atoms. The van der Waals surface area contributed by atoms with E-state index in [4.69, 9.17) is 0 Å². The van der Waals surface area contributed by atoms with Gasteiger partial charge in [-0.3, -0.25) is 0 Å². The SMILES string of the molecule is CC(Cc1ccc(F)cc1)NCc1cncn1C(C)C. The average molecular weight is 275 g/mol. The number of halogens is 1. The predicted molar refractivity (Wildman–Crippen MR) is 79.0 cm³/mol. The van der Waals surface area contributed by atoms with E-state index in [-0.39, 0.29) is 5.82 Å². The normalized spacial score (nSPS) is 12.8. The molecule has 0 radical (unpaired) electrons. The van der Waals surface area contributed by atoms with Gasteiger partial charge >= 0.3 is 0 Å². The highest BCUT2D eigenvalue weighted by molar-refractivity contribution is 5.17. The largest absolute Gasteiger partial charge is 0.331 e. The van der Waals surface area contributed by atoms with Crippen LogP contribution in [0.5, 0.6) is 0 Å². The van der Waals surface area contributed by atoms with Gasteiger partial charge in [0.25, 0.3) is 0 Å². The Morgan fingerprint density at radius 1 is 1.20 bits per heavy atom. The number of nitrogens with zero attached hydrogens (tertiary/aromatic N) is 2. The highest BCUT2D eigenvalue weighted by Crippen LogP contribution is 2.10. The van der Waals surface area contributed by atoms with Crippen molar-refractivity contribution in [3.8, 4) is 0 Å². The van der Waals surface area contributed by atoms with Crippen molar-refractivity contribution >= 4 is 0 Å². The van der Waals surface area contributed by atoms with Gasteiger partial charge in [-0.25, -0.2) is 9.37 Å². The number of hydrogen-bond acceptors (Lipinski definition) is 2. The molecule has 0 saturated carbocycles. The third kappa shape index (κ3) is 3.90. The molecule has 1 atom stereocenters. The van der Waals surface area contributed by atoms with Crippen molar-refractivity contribution in [2.75, 3.05) is 0 Å². The molecule has 0 saturated heterocycles. The van der Waals surface area contributed by atoms with E-state index in [1.165, 1.54) is 17.8 Å². The van der Waals surface area contributed by atoms with Crippen LogP contribution < -0.4 is 5.32 Å². The number of nitrogens with one attached hydrogen (secondary N) is 1. The molecule has 1 aromatic carbocycles. The number of aromatic nitrogens is 2. The van der Waals surface area contributed by atoms with E-state index >= 15 is 0 Å². The molecular formula is C16H22FN3. The first kappa shape index (κ1) is 14.7. The molecule has 4 heteroatoms. The second-order valence-corrected chi connectivity index (χ2v) is 5.50. The van der Waals surface area contributed by atoms with Gasteiger partial charge in [-0.05, 0) is 44.9 Å². The lowest BCUT2D eigenvalue weighted by molar-refractivity contribution is 0.505. The number of benzene rings is 1. The van der Waals surface area contributed by atoms with Crippen LogP contribution in [0.2, 0.25) is 0 Å². The molecule has 1 N–H and O–H groups in total. The van der Waals surface area contributed by atoms with Crippen molar-refractivity contribution in [3.63, 3.8) is 0 Å². The lowest BCUT2D eigenvalue weighted by atomic mass is 10.1. The quantitative estimate of drug-likeness (QED) is 0.876. The number of imidazole rings is 1. The summed E-state index contributed by atoms with van der Waals surface area (Å²) >= 11 is 0. The van der Waals surface area contributed by atoms with Crippen LogP contribution in [0.4, 0.5) is 4.39 Å². The summed E-state index contributed by atoms with van der Waals surface area (Å²) in [5.74, 6) is -0.185. The van der Waals surface area contributed by atoms with Crippen LogP contribution in [0.1, 0.15) is 38.1 Å². The van der Waals surface area contributed by atoms with Gasteiger partial charge in [-0.2, -0.15) is 0 Å². The van der Waals surface area contributed by atoms with Crippen LogP contribution in [-0.4, -0.2) is 15.6 Å². The fourth-order valence-electron chi connectivity index (χ4n) is 2.26. The molecule has 0 fully saturated rings. The topological polar surface area (TPSA) is 29.9 Å². The Morgan fingerprint density at radius 2 is 1.90 bits per heavy atom. The van der Waals surface area contributed by atoms with E-state index in [0.29, 0.717) is 12.1 Å². The minimum absolute atomic E-state index is 0.185. The summed E-state index contributed by atoms with van der Waals surface area (Å²) in [5.41, 5.74) is 2.33. The molecule has 1 aromatic heterocycles. The monoisotopic (exact) mass is 275 g/mol. The molecule has 3 nitrogen and oxygen atoms in total. The van der Waals surface area contributed by atoms with Crippen molar-refractivity contribution in [1.82, 2.24) is 14.9 Å². The maximum atomic E-state index is 12.9. The van der Waals surface area contributed by atoms with Gasteiger partial charge in [0, 0.05) is 24.8 Å². The van der Waals surface area contributed by atoms with E-state index in [1.54, 1.807) is 0 Å². The molecular weight excluding hydrogens is 253 g/mol. The summed E-state index contributed by atoms with van der Waals surface area (Å²) < 4.78 is 15.0. The molecule has 0 aliphatic rings. The second-order valence-electron chi connectivity index (χ2n) is 5.50. The lowest BCUT2D eigenvalue weighted by Crippen LogP contribution is -2.28. The number of rotatable bonds is 6. The third-order valence-electron chi connectivity index (χ3n) is 3.39. The zero-order valence-corrected chi connectivity index (χ0v) is 12.3. The van der Waals surface area contributed by atoms with E-state index < -0.39 is 0 Å². The highest BCUT2D eigenvalue weighted by atomic mass is 19.1. The maximum absolute atomic E-state index is 12.9. The molecule has 0 amide bonds. The summed E-state index contributed by atoms with van der Waals surface area (Å²) in [7, 11) is 0. The van der Waals surface area contributed by atoms with Crippen molar-refractivity contribution in [3.05, 3.63) is 53.9 Å². The van der Waals surface area contributed by atoms with Crippen LogP contribution in [0.25, 0.3) is 0 Å². The van der Waals surface area contributed by atoms with E-state index in [0.717, 1.165) is 18.5 Å². The molecule has 0 bridgehead atoms. The Balaban J connectivity index is 1.87. The molecule has 2 aromatic rings. The van der Waals surface area contributed by atoms with Gasteiger partial charge in [0.05, 0.1) is 12.0 Å². The van der Waals surface area contributed by atoms with Gasteiger partial charge < -0.3 is 9.88 Å². The first-order valence-corrected chi connectivity index (χ1v) is 7.05. The molecule has 0 aliphatic carbocycles. The summed E-state index contributed by atoms with van der Waals surface area (Å²) in [5, 5.41) is 3.49. The van der Waals surface area contributed by atoms with Crippen molar-refractivity contribution in [1.29, 1.82) is 0 Å². The van der Waals surface area contributed by atoms with Crippen LogP contribution in [-0.2, 0) is 13.0 Å². The Bertz CT molecular complexity index is 531. The average Bonchev–Trinajstić information content (AvgIpc) is 2.88. The highest BCUT2D eigenvalue weighted by Gasteiger charge is 2.08.